The molecule has 1 aliphatic heterocycles. The summed E-state index contributed by atoms with van der Waals surface area (Å²) in [5.41, 5.74) is 4.02. The molecule has 0 radical (unpaired) electrons. The highest BCUT2D eigenvalue weighted by Gasteiger charge is 2.35. The molecule has 2 N–H and O–H groups in total. The maximum absolute atomic E-state index is 13.6. The first-order valence-corrected chi connectivity index (χ1v) is 11.9. The molecule has 2 aliphatic rings. The van der Waals surface area contributed by atoms with Crippen molar-refractivity contribution in [3.63, 3.8) is 0 Å². The number of nitrogens with one attached hydrogen (secondary N) is 2. The van der Waals surface area contributed by atoms with Gasteiger partial charge in [-0.1, -0.05) is 19.1 Å². The Labute approximate surface area is 199 Å². The van der Waals surface area contributed by atoms with Gasteiger partial charge in [-0.15, -0.1) is 0 Å². The van der Waals surface area contributed by atoms with Gasteiger partial charge in [-0.2, -0.15) is 5.10 Å². The molecule has 3 aromatic rings. The summed E-state index contributed by atoms with van der Waals surface area (Å²) in [5.74, 6) is 0.935. The van der Waals surface area contributed by atoms with Gasteiger partial charge in [0, 0.05) is 41.0 Å². The average Bonchev–Trinajstić information content (AvgIpc) is 3.50. The summed E-state index contributed by atoms with van der Waals surface area (Å²) >= 11 is 0. The van der Waals surface area contributed by atoms with Gasteiger partial charge in [0.2, 0.25) is 0 Å². The van der Waals surface area contributed by atoms with Crippen LogP contribution in [0.15, 0.2) is 54.9 Å². The molecule has 0 spiro atoms. The zero-order valence-electron chi connectivity index (χ0n) is 19.6. The minimum Gasteiger partial charge on any atom is -0.496 e. The summed E-state index contributed by atoms with van der Waals surface area (Å²) in [4.78, 5) is 28.3. The van der Waals surface area contributed by atoms with E-state index in [0.29, 0.717) is 35.4 Å². The van der Waals surface area contributed by atoms with Gasteiger partial charge in [0.15, 0.2) is 0 Å². The lowest BCUT2D eigenvalue weighted by molar-refractivity contribution is 0.0732. The van der Waals surface area contributed by atoms with Gasteiger partial charge in [-0.3, -0.25) is 14.7 Å². The fourth-order valence-corrected chi connectivity index (χ4v) is 4.92. The summed E-state index contributed by atoms with van der Waals surface area (Å²) in [7, 11) is 1.61. The number of likely N-dealkylation sites (tertiary alicyclic amines) is 1. The molecule has 2 unspecified atom stereocenters. The largest absolute Gasteiger partial charge is 0.496 e. The summed E-state index contributed by atoms with van der Waals surface area (Å²) in [6, 6.07) is 13.5. The number of amides is 2. The van der Waals surface area contributed by atoms with Crippen molar-refractivity contribution < 1.29 is 14.3 Å². The highest BCUT2D eigenvalue weighted by atomic mass is 16.5. The van der Waals surface area contributed by atoms with E-state index in [1.165, 1.54) is 6.42 Å². The maximum Gasteiger partial charge on any atom is 0.254 e. The van der Waals surface area contributed by atoms with Crippen molar-refractivity contribution in [2.24, 2.45) is 5.92 Å². The minimum absolute atomic E-state index is 0.0317. The molecule has 2 amide bonds. The third kappa shape index (κ3) is 4.30. The van der Waals surface area contributed by atoms with Crippen LogP contribution in [-0.4, -0.2) is 46.6 Å². The monoisotopic (exact) mass is 458 g/mol. The van der Waals surface area contributed by atoms with Gasteiger partial charge in [-0.05, 0) is 67.5 Å². The zero-order valence-corrected chi connectivity index (χ0v) is 19.6. The van der Waals surface area contributed by atoms with Crippen LogP contribution in [0.4, 0.5) is 0 Å². The van der Waals surface area contributed by atoms with Crippen molar-refractivity contribution >= 4 is 11.8 Å². The third-order valence-corrected chi connectivity index (χ3v) is 7.00. The van der Waals surface area contributed by atoms with E-state index in [0.717, 1.165) is 36.0 Å². The molecule has 176 valence electrons. The van der Waals surface area contributed by atoms with Crippen molar-refractivity contribution in [3.05, 3.63) is 71.5 Å². The average molecular weight is 459 g/mol. The smallest absolute Gasteiger partial charge is 0.254 e. The van der Waals surface area contributed by atoms with E-state index in [1.54, 1.807) is 25.6 Å². The third-order valence-electron chi connectivity index (χ3n) is 7.00. The Morgan fingerprint density at radius 3 is 2.71 bits per heavy atom. The summed E-state index contributed by atoms with van der Waals surface area (Å²) in [6.07, 6.45) is 7.67. The van der Waals surface area contributed by atoms with Gasteiger partial charge in [0.25, 0.3) is 11.8 Å². The normalized spacial score (nSPS) is 20.1. The van der Waals surface area contributed by atoms with E-state index in [-0.39, 0.29) is 17.9 Å². The molecule has 2 fully saturated rings. The van der Waals surface area contributed by atoms with E-state index >= 15 is 0 Å². The number of aromatic nitrogens is 2. The maximum atomic E-state index is 13.6. The van der Waals surface area contributed by atoms with E-state index < -0.39 is 0 Å². The second kappa shape index (κ2) is 9.33. The van der Waals surface area contributed by atoms with Crippen LogP contribution in [0.1, 0.15) is 64.9 Å². The van der Waals surface area contributed by atoms with Crippen LogP contribution in [0.3, 0.4) is 0 Å². The number of nitrogens with zero attached hydrogens (tertiary/aromatic N) is 2. The van der Waals surface area contributed by atoms with Crippen LogP contribution in [-0.2, 0) is 0 Å². The summed E-state index contributed by atoms with van der Waals surface area (Å²) in [6.45, 7) is 2.84. The Morgan fingerprint density at radius 2 is 2.00 bits per heavy atom. The van der Waals surface area contributed by atoms with Gasteiger partial charge in [0.05, 0.1) is 19.3 Å². The fraction of sp³-hybridized carbons (Fsp3) is 0.370. The Bertz CT molecular complexity index is 1190. The molecule has 34 heavy (non-hydrogen) atoms. The van der Waals surface area contributed by atoms with Crippen LogP contribution in [0.2, 0.25) is 0 Å². The Morgan fingerprint density at radius 1 is 1.15 bits per heavy atom. The number of H-pyrrole nitrogens is 1. The lowest BCUT2D eigenvalue weighted by Gasteiger charge is -2.27. The molecule has 0 bridgehead atoms. The second-order valence-corrected chi connectivity index (χ2v) is 9.44. The molecular formula is C27H30N4O3. The van der Waals surface area contributed by atoms with Gasteiger partial charge >= 0.3 is 0 Å². The van der Waals surface area contributed by atoms with Crippen molar-refractivity contribution in [2.45, 2.75) is 44.7 Å². The predicted molar refractivity (Wildman–Crippen MR) is 130 cm³/mol. The first-order valence-electron chi connectivity index (χ1n) is 11.9. The number of benzene rings is 2. The van der Waals surface area contributed by atoms with Gasteiger partial charge in [-0.25, -0.2) is 0 Å². The lowest BCUT2D eigenvalue weighted by Crippen LogP contribution is -2.39. The Balaban J connectivity index is 1.39. The molecular weight excluding hydrogens is 428 g/mol. The standard InChI is InChI=1S/C27H30N4O3/c1-17-11-24(18-5-3-6-19(12-18)26(32)30-22-7-4-8-22)31(16-17)27(33)20-9-10-23(25(13-20)34-2)21-14-28-29-15-21/h3,5-6,9-10,12-15,17,22,24H,4,7-8,11,16H2,1-2H3,(H,28,29)(H,30,32). The van der Waals surface area contributed by atoms with Crippen LogP contribution >= 0.6 is 0 Å². The van der Waals surface area contributed by atoms with E-state index in [9.17, 15) is 9.59 Å². The van der Waals surface area contributed by atoms with Crippen molar-refractivity contribution in [3.8, 4) is 16.9 Å². The first-order chi connectivity index (χ1) is 16.5. The Hall–Kier alpha value is -3.61. The van der Waals surface area contributed by atoms with Crippen LogP contribution in [0.25, 0.3) is 11.1 Å². The van der Waals surface area contributed by atoms with Crippen LogP contribution < -0.4 is 10.1 Å². The molecule has 7 nitrogen and oxygen atoms in total. The SMILES string of the molecule is COc1cc(C(=O)N2CC(C)CC2c2cccc(C(=O)NC3CCC3)c2)ccc1-c1cn[nH]c1. The molecule has 1 saturated carbocycles. The van der Waals surface area contributed by atoms with Crippen LogP contribution in [0.5, 0.6) is 5.75 Å². The number of ether oxygens (including phenoxy) is 1. The first kappa shape index (κ1) is 22.2. The number of hydrogen-bond acceptors (Lipinski definition) is 4. The number of rotatable bonds is 6. The quantitative estimate of drug-likeness (QED) is 0.566. The van der Waals surface area contributed by atoms with Crippen LogP contribution in [0, 0.1) is 5.92 Å². The lowest BCUT2D eigenvalue weighted by atomic mass is 9.92. The number of hydrogen-bond donors (Lipinski definition) is 2. The zero-order chi connectivity index (χ0) is 23.7. The number of carbonyl (C=O) groups excluding carboxylic acids is 2. The summed E-state index contributed by atoms with van der Waals surface area (Å²) < 4.78 is 5.59. The number of carbonyl (C=O) groups is 2. The predicted octanol–water partition coefficient (Wildman–Crippen LogP) is 4.59. The molecule has 5 rings (SSSR count). The highest BCUT2D eigenvalue weighted by Crippen LogP contribution is 2.38. The van der Waals surface area contributed by atoms with Crippen molar-refractivity contribution in [1.82, 2.24) is 20.4 Å². The van der Waals surface area contributed by atoms with E-state index in [2.05, 4.69) is 22.4 Å². The van der Waals surface area contributed by atoms with E-state index in [4.69, 9.17) is 4.74 Å². The molecule has 2 aromatic carbocycles. The minimum atomic E-state index is -0.0708. The topological polar surface area (TPSA) is 87.3 Å². The summed E-state index contributed by atoms with van der Waals surface area (Å²) in [5, 5.41) is 9.92. The fourth-order valence-electron chi connectivity index (χ4n) is 4.92. The van der Waals surface area contributed by atoms with E-state index in [1.807, 2.05) is 41.3 Å². The van der Waals surface area contributed by atoms with Gasteiger partial charge < -0.3 is 15.0 Å². The number of aromatic amines is 1. The molecule has 1 aromatic heterocycles. The van der Waals surface area contributed by atoms with Crippen molar-refractivity contribution in [2.75, 3.05) is 13.7 Å². The number of methoxy groups -OCH3 is 1. The molecule has 2 atom stereocenters. The highest BCUT2D eigenvalue weighted by molar-refractivity contribution is 5.96. The molecule has 1 aliphatic carbocycles. The molecule has 2 heterocycles. The Kier molecular flexibility index (Phi) is 6.09. The van der Waals surface area contributed by atoms with Gasteiger partial charge in [0.1, 0.15) is 5.75 Å². The molecule has 7 heteroatoms. The van der Waals surface area contributed by atoms with Crippen molar-refractivity contribution in [1.29, 1.82) is 0 Å². The second-order valence-electron chi connectivity index (χ2n) is 9.44. The molecule has 1 saturated heterocycles.